The standard InChI is InChI=1S/C12H21NO2S/c1-2-3-4-5-6-7-12(10-13)8-9-16(14,15)11-12/h2-9,11H2,1H3. The molecule has 0 spiro atoms. The summed E-state index contributed by atoms with van der Waals surface area (Å²) in [5.74, 6) is 0.291. The van der Waals surface area contributed by atoms with Crippen molar-refractivity contribution in [2.75, 3.05) is 11.5 Å². The van der Waals surface area contributed by atoms with Gasteiger partial charge in [0.1, 0.15) is 0 Å². The second kappa shape index (κ2) is 5.67. The number of hydrogen-bond donors (Lipinski definition) is 0. The Morgan fingerprint density at radius 3 is 2.44 bits per heavy atom. The van der Waals surface area contributed by atoms with Gasteiger partial charge in [-0.1, -0.05) is 39.0 Å². The van der Waals surface area contributed by atoms with Crippen LogP contribution in [0.3, 0.4) is 0 Å². The Balaban J connectivity index is 2.36. The number of rotatable bonds is 6. The maximum atomic E-state index is 11.4. The van der Waals surface area contributed by atoms with E-state index in [9.17, 15) is 8.42 Å². The van der Waals surface area contributed by atoms with Crippen LogP contribution in [-0.4, -0.2) is 19.9 Å². The predicted octanol–water partition coefficient (Wildman–Crippen LogP) is 2.68. The molecule has 0 bridgehead atoms. The first kappa shape index (κ1) is 13.5. The Kier molecular flexibility index (Phi) is 4.79. The van der Waals surface area contributed by atoms with Crippen LogP contribution < -0.4 is 0 Å². The zero-order valence-corrected chi connectivity index (χ0v) is 10.9. The minimum Gasteiger partial charge on any atom is -0.229 e. The van der Waals surface area contributed by atoms with E-state index in [0.717, 1.165) is 19.3 Å². The molecule has 1 unspecified atom stereocenters. The zero-order valence-electron chi connectivity index (χ0n) is 10.0. The first-order valence-electron chi connectivity index (χ1n) is 6.15. The van der Waals surface area contributed by atoms with Gasteiger partial charge in [0, 0.05) is 0 Å². The summed E-state index contributed by atoms with van der Waals surface area (Å²) in [5, 5.41) is 9.14. The fourth-order valence-electron chi connectivity index (χ4n) is 2.32. The molecule has 0 aromatic heterocycles. The van der Waals surface area contributed by atoms with Gasteiger partial charge in [-0.15, -0.1) is 0 Å². The average Bonchev–Trinajstić information content (AvgIpc) is 2.55. The summed E-state index contributed by atoms with van der Waals surface area (Å²) in [6.45, 7) is 2.17. The van der Waals surface area contributed by atoms with E-state index < -0.39 is 15.3 Å². The Labute approximate surface area is 98.8 Å². The van der Waals surface area contributed by atoms with E-state index in [-0.39, 0.29) is 11.5 Å². The quantitative estimate of drug-likeness (QED) is 0.674. The van der Waals surface area contributed by atoms with Gasteiger partial charge in [0.05, 0.1) is 23.0 Å². The molecule has 0 radical (unpaired) electrons. The van der Waals surface area contributed by atoms with Crippen molar-refractivity contribution >= 4 is 9.84 Å². The highest BCUT2D eigenvalue weighted by atomic mass is 32.2. The van der Waals surface area contributed by atoms with E-state index in [1.54, 1.807) is 0 Å². The molecule has 1 saturated heterocycles. The molecule has 92 valence electrons. The van der Waals surface area contributed by atoms with Crippen LogP contribution in [0.25, 0.3) is 0 Å². The van der Waals surface area contributed by atoms with Crippen molar-refractivity contribution in [2.24, 2.45) is 5.41 Å². The number of nitriles is 1. The van der Waals surface area contributed by atoms with Gasteiger partial charge < -0.3 is 0 Å². The van der Waals surface area contributed by atoms with Gasteiger partial charge >= 0.3 is 0 Å². The van der Waals surface area contributed by atoms with Crippen molar-refractivity contribution in [3.8, 4) is 6.07 Å². The summed E-state index contributed by atoms with van der Waals surface area (Å²) in [4.78, 5) is 0. The van der Waals surface area contributed by atoms with Gasteiger partial charge in [0.2, 0.25) is 0 Å². The Bertz CT molecular complexity index is 356. The van der Waals surface area contributed by atoms with E-state index in [1.165, 1.54) is 19.3 Å². The lowest BCUT2D eigenvalue weighted by atomic mass is 9.84. The number of unbranched alkanes of at least 4 members (excludes halogenated alkanes) is 4. The molecule has 16 heavy (non-hydrogen) atoms. The molecule has 0 saturated carbocycles. The van der Waals surface area contributed by atoms with E-state index in [4.69, 9.17) is 5.26 Å². The number of nitrogens with zero attached hydrogens (tertiary/aromatic N) is 1. The van der Waals surface area contributed by atoms with Gasteiger partial charge in [-0.2, -0.15) is 5.26 Å². The van der Waals surface area contributed by atoms with Crippen LogP contribution in [0.4, 0.5) is 0 Å². The highest BCUT2D eigenvalue weighted by Crippen LogP contribution is 2.36. The fraction of sp³-hybridized carbons (Fsp3) is 0.917. The monoisotopic (exact) mass is 243 g/mol. The third-order valence-corrected chi connectivity index (χ3v) is 5.20. The molecule has 1 atom stereocenters. The topological polar surface area (TPSA) is 57.9 Å². The molecule has 0 aliphatic carbocycles. The van der Waals surface area contributed by atoms with E-state index in [1.807, 2.05) is 0 Å². The Morgan fingerprint density at radius 2 is 1.94 bits per heavy atom. The molecule has 0 amide bonds. The minimum absolute atomic E-state index is 0.0876. The SMILES string of the molecule is CCCCCCCC1(C#N)CCS(=O)(=O)C1. The highest BCUT2D eigenvalue weighted by Gasteiger charge is 2.41. The third kappa shape index (κ3) is 3.79. The van der Waals surface area contributed by atoms with Crippen molar-refractivity contribution in [3.05, 3.63) is 0 Å². The zero-order chi connectivity index (χ0) is 12.1. The molecule has 0 N–H and O–H groups in total. The molecular formula is C12H21NO2S. The summed E-state index contributed by atoms with van der Waals surface area (Å²) >= 11 is 0. The average molecular weight is 243 g/mol. The lowest BCUT2D eigenvalue weighted by Crippen LogP contribution is -2.20. The second-order valence-electron chi connectivity index (χ2n) is 4.90. The van der Waals surface area contributed by atoms with Crippen LogP contribution in [0.15, 0.2) is 0 Å². The fourth-order valence-corrected chi connectivity index (χ4v) is 4.37. The molecule has 1 aliphatic heterocycles. The molecule has 1 fully saturated rings. The van der Waals surface area contributed by atoms with Gasteiger partial charge in [0.25, 0.3) is 0 Å². The lowest BCUT2D eigenvalue weighted by molar-refractivity contribution is 0.391. The maximum absolute atomic E-state index is 11.4. The van der Waals surface area contributed by atoms with Crippen molar-refractivity contribution < 1.29 is 8.42 Å². The van der Waals surface area contributed by atoms with E-state index >= 15 is 0 Å². The smallest absolute Gasteiger partial charge is 0.151 e. The molecule has 0 aromatic rings. The summed E-state index contributed by atoms with van der Waals surface area (Å²) in [6, 6.07) is 2.24. The van der Waals surface area contributed by atoms with Crippen LogP contribution in [-0.2, 0) is 9.84 Å². The normalized spacial score (nSPS) is 27.8. The van der Waals surface area contributed by atoms with Crippen molar-refractivity contribution in [1.29, 1.82) is 5.26 Å². The summed E-state index contributed by atoms with van der Waals surface area (Å²) in [6.07, 6.45) is 7.05. The lowest BCUT2D eigenvalue weighted by Gasteiger charge is -2.17. The number of hydrogen-bond acceptors (Lipinski definition) is 3. The molecule has 1 rings (SSSR count). The minimum atomic E-state index is -2.94. The highest BCUT2D eigenvalue weighted by molar-refractivity contribution is 7.91. The first-order valence-corrected chi connectivity index (χ1v) is 7.97. The van der Waals surface area contributed by atoms with Crippen molar-refractivity contribution in [1.82, 2.24) is 0 Å². The molecule has 0 aromatic carbocycles. The second-order valence-corrected chi connectivity index (χ2v) is 7.08. The van der Waals surface area contributed by atoms with Crippen LogP contribution in [0.2, 0.25) is 0 Å². The van der Waals surface area contributed by atoms with E-state index in [0.29, 0.717) is 6.42 Å². The van der Waals surface area contributed by atoms with Crippen LogP contribution in [0, 0.1) is 16.7 Å². The first-order chi connectivity index (χ1) is 7.54. The third-order valence-electron chi connectivity index (χ3n) is 3.38. The Hall–Kier alpha value is -0.560. The summed E-state index contributed by atoms with van der Waals surface area (Å²) in [5.41, 5.74) is -0.564. The molecular weight excluding hydrogens is 222 g/mol. The predicted molar refractivity (Wildman–Crippen MR) is 64.7 cm³/mol. The molecule has 4 heteroatoms. The van der Waals surface area contributed by atoms with Crippen LogP contribution >= 0.6 is 0 Å². The van der Waals surface area contributed by atoms with Gasteiger partial charge in [-0.05, 0) is 12.8 Å². The maximum Gasteiger partial charge on any atom is 0.151 e. The summed E-state index contributed by atoms with van der Waals surface area (Å²) in [7, 11) is -2.94. The van der Waals surface area contributed by atoms with Crippen molar-refractivity contribution in [2.45, 2.75) is 51.9 Å². The molecule has 1 heterocycles. The van der Waals surface area contributed by atoms with Crippen molar-refractivity contribution in [3.63, 3.8) is 0 Å². The van der Waals surface area contributed by atoms with Gasteiger partial charge in [-0.3, -0.25) is 0 Å². The molecule has 3 nitrogen and oxygen atoms in total. The molecule has 1 aliphatic rings. The number of sulfone groups is 1. The summed E-state index contributed by atoms with van der Waals surface area (Å²) < 4.78 is 22.8. The largest absolute Gasteiger partial charge is 0.229 e. The van der Waals surface area contributed by atoms with Crippen LogP contribution in [0.1, 0.15) is 51.9 Å². The Morgan fingerprint density at radius 1 is 1.25 bits per heavy atom. The van der Waals surface area contributed by atoms with Crippen LogP contribution in [0.5, 0.6) is 0 Å². The van der Waals surface area contributed by atoms with E-state index in [2.05, 4.69) is 13.0 Å². The van der Waals surface area contributed by atoms with Gasteiger partial charge in [0.15, 0.2) is 9.84 Å². The van der Waals surface area contributed by atoms with Gasteiger partial charge in [-0.25, -0.2) is 8.42 Å².